The van der Waals surface area contributed by atoms with Gasteiger partial charge in [0.25, 0.3) is 0 Å². The van der Waals surface area contributed by atoms with E-state index in [9.17, 15) is 0 Å². The Labute approximate surface area is 120 Å². The van der Waals surface area contributed by atoms with Crippen LogP contribution in [0.3, 0.4) is 0 Å². The van der Waals surface area contributed by atoms with Crippen LogP contribution in [-0.4, -0.2) is 6.26 Å². The molecule has 0 bridgehead atoms. The molecule has 0 saturated carbocycles. The Bertz CT molecular complexity index is 522. The van der Waals surface area contributed by atoms with E-state index in [1.165, 1.54) is 29.0 Å². The highest BCUT2D eigenvalue weighted by molar-refractivity contribution is 7.98. The highest BCUT2D eigenvalue weighted by atomic mass is 32.2. The zero-order valence-electron chi connectivity index (χ0n) is 11.6. The fraction of sp³-hybridized carbons (Fsp3) is 0.294. The molecule has 0 fully saturated rings. The molecule has 0 spiro atoms. The van der Waals surface area contributed by atoms with Crippen molar-refractivity contribution in [1.29, 1.82) is 0 Å². The summed E-state index contributed by atoms with van der Waals surface area (Å²) in [6, 6.07) is 17.1. The van der Waals surface area contributed by atoms with Gasteiger partial charge in [-0.2, -0.15) is 0 Å². The molecular formula is C17H21NS. The second-order valence-electron chi connectivity index (χ2n) is 4.62. The van der Waals surface area contributed by atoms with Crippen molar-refractivity contribution in [2.45, 2.75) is 31.1 Å². The van der Waals surface area contributed by atoms with Crippen molar-refractivity contribution in [3.05, 3.63) is 54.1 Å². The van der Waals surface area contributed by atoms with E-state index in [0.717, 1.165) is 12.1 Å². The third kappa shape index (κ3) is 4.03. The quantitative estimate of drug-likeness (QED) is 0.697. The van der Waals surface area contributed by atoms with E-state index in [2.05, 4.69) is 67.0 Å². The Hall–Kier alpha value is -1.41. The molecule has 100 valence electrons. The number of unbranched alkanes of at least 4 members (excludes halogenated alkanes) is 1. The van der Waals surface area contributed by atoms with Gasteiger partial charge < -0.3 is 5.32 Å². The van der Waals surface area contributed by atoms with E-state index in [1.54, 1.807) is 11.8 Å². The molecule has 1 nitrogen and oxygen atoms in total. The van der Waals surface area contributed by atoms with Gasteiger partial charge in [-0.1, -0.05) is 37.6 Å². The zero-order chi connectivity index (χ0) is 13.5. The molecule has 2 rings (SSSR count). The lowest BCUT2D eigenvalue weighted by atomic mass is 10.1. The van der Waals surface area contributed by atoms with Crippen LogP contribution in [0.4, 0.5) is 11.4 Å². The van der Waals surface area contributed by atoms with Gasteiger partial charge in [0, 0.05) is 16.3 Å². The largest absolute Gasteiger partial charge is 0.355 e. The minimum Gasteiger partial charge on any atom is -0.355 e. The summed E-state index contributed by atoms with van der Waals surface area (Å²) in [6.07, 6.45) is 5.72. The maximum absolute atomic E-state index is 3.54. The van der Waals surface area contributed by atoms with E-state index >= 15 is 0 Å². The third-order valence-electron chi connectivity index (χ3n) is 3.17. The molecular weight excluding hydrogens is 250 g/mol. The SMILES string of the molecule is CCCCc1ccccc1Nc1cccc(SC)c1. The van der Waals surface area contributed by atoms with E-state index in [-0.39, 0.29) is 0 Å². The van der Waals surface area contributed by atoms with E-state index in [1.807, 2.05) is 0 Å². The average Bonchev–Trinajstić information content (AvgIpc) is 2.46. The first-order chi connectivity index (χ1) is 9.33. The summed E-state index contributed by atoms with van der Waals surface area (Å²) in [7, 11) is 0. The number of thioether (sulfide) groups is 1. The standard InChI is InChI=1S/C17H21NS/c1-3-4-8-14-9-5-6-12-17(14)18-15-10-7-11-16(13-15)19-2/h5-7,9-13,18H,3-4,8H2,1-2H3. The molecule has 0 amide bonds. The Morgan fingerprint density at radius 2 is 1.89 bits per heavy atom. The molecule has 1 N–H and O–H groups in total. The van der Waals surface area contributed by atoms with Crippen molar-refractivity contribution in [3.8, 4) is 0 Å². The first-order valence-corrected chi connectivity index (χ1v) is 8.05. The molecule has 0 aliphatic rings. The summed E-state index contributed by atoms with van der Waals surface area (Å²) >= 11 is 1.77. The lowest BCUT2D eigenvalue weighted by Crippen LogP contribution is -1.96. The molecule has 0 aliphatic carbocycles. The predicted octanol–water partition coefficient (Wildman–Crippen LogP) is 5.49. The zero-order valence-corrected chi connectivity index (χ0v) is 12.5. The number of aryl methyl sites for hydroxylation is 1. The first kappa shape index (κ1) is 14.0. The molecule has 19 heavy (non-hydrogen) atoms. The number of para-hydroxylation sites is 1. The van der Waals surface area contributed by atoms with Crippen LogP contribution < -0.4 is 5.32 Å². The van der Waals surface area contributed by atoms with E-state index in [0.29, 0.717) is 0 Å². The summed E-state index contributed by atoms with van der Waals surface area (Å²) < 4.78 is 0. The maximum atomic E-state index is 3.54. The van der Waals surface area contributed by atoms with Crippen molar-refractivity contribution in [1.82, 2.24) is 0 Å². The van der Waals surface area contributed by atoms with Crippen molar-refractivity contribution >= 4 is 23.1 Å². The number of hydrogen-bond donors (Lipinski definition) is 1. The Balaban J connectivity index is 2.17. The molecule has 0 saturated heterocycles. The van der Waals surface area contributed by atoms with Gasteiger partial charge in [-0.15, -0.1) is 11.8 Å². The predicted molar refractivity (Wildman–Crippen MR) is 86.6 cm³/mol. The minimum atomic E-state index is 1.14. The van der Waals surface area contributed by atoms with Crippen LogP contribution in [0.25, 0.3) is 0 Å². The summed E-state index contributed by atoms with van der Waals surface area (Å²) in [5, 5.41) is 3.54. The normalized spacial score (nSPS) is 10.4. The monoisotopic (exact) mass is 271 g/mol. The number of nitrogens with one attached hydrogen (secondary N) is 1. The van der Waals surface area contributed by atoms with Gasteiger partial charge in [0.05, 0.1) is 0 Å². The minimum absolute atomic E-state index is 1.14. The molecule has 2 aromatic rings. The van der Waals surface area contributed by atoms with Crippen molar-refractivity contribution in [3.63, 3.8) is 0 Å². The van der Waals surface area contributed by atoms with Gasteiger partial charge >= 0.3 is 0 Å². The molecule has 0 radical (unpaired) electrons. The highest BCUT2D eigenvalue weighted by Gasteiger charge is 2.02. The van der Waals surface area contributed by atoms with E-state index in [4.69, 9.17) is 0 Å². The van der Waals surface area contributed by atoms with Crippen LogP contribution in [0.2, 0.25) is 0 Å². The topological polar surface area (TPSA) is 12.0 Å². The molecule has 0 atom stereocenters. The first-order valence-electron chi connectivity index (χ1n) is 6.82. The molecule has 2 aromatic carbocycles. The summed E-state index contributed by atoms with van der Waals surface area (Å²) in [4.78, 5) is 1.29. The van der Waals surface area contributed by atoms with Crippen LogP contribution in [0.1, 0.15) is 25.3 Å². The number of rotatable bonds is 6. The molecule has 0 aliphatic heterocycles. The van der Waals surface area contributed by atoms with Crippen LogP contribution in [0.15, 0.2) is 53.4 Å². The van der Waals surface area contributed by atoms with E-state index < -0.39 is 0 Å². The molecule has 2 heteroatoms. The lowest BCUT2D eigenvalue weighted by Gasteiger charge is -2.12. The third-order valence-corrected chi connectivity index (χ3v) is 3.89. The average molecular weight is 271 g/mol. The Morgan fingerprint density at radius 1 is 1.05 bits per heavy atom. The molecule has 0 unspecified atom stereocenters. The van der Waals surface area contributed by atoms with Gasteiger partial charge in [-0.05, 0) is 48.9 Å². The summed E-state index contributed by atoms with van der Waals surface area (Å²) in [6.45, 7) is 2.23. The Morgan fingerprint density at radius 3 is 2.68 bits per heavy atom. The van der Waals surface area contributed by atoms with Gasteiger partial charge in [0.2, 0.25) is 0 Å². The van der Waals surface area contributed by atoms with Gasteiger partial charge in [-0.3, -0.25) is 0 Å². The van der Waals surface area contributed by atoms with Crippen molar-refractivity contribution < 1.29 is 0 Å². The van der Waals surface area contributed by atoms with Crippen LogP contribution in [-0.2, 0) is 6.42 Å². The second-order valence-corrected chi connectivity index (χ2v) is 5.50. The van der Waals surface area contributed by atoms with Crippen LogP contribution >= 0.6 is 11.8 Å². The smallest absolute Gasteiger partial charge is 0.0416 e. The highest BCUT2D eigenvalue weighted by Crippen LogP contribution is 2.25. The number of hydrogen-bond acceptors (Lipinski definition) is 2. The fourth-order valence-corrected chi connectivity index (χ4v) is 2.54. The lowest BCUT2D eigenvalue weighted by molar-refractivity contribution is 0.796. The second kappa shape index (κ2) is 7.25. The van der Waals surface area contributed by atoms with Crippen LogP contribution in [0.5, 0.6) is 0 Å². The number of benzene rings is 2. The van der Waals surface area contributed by atoms with Gasteiger partial charge in [0.1, 0.15) is 0 Å². The van der Waals surface area contributed by atoms with Gasteiger partial charge in [0.15, 0.2) is 0 Å². The van der Waals surface area contributed by atoms with Crippen LogP contribution in [0, 0.1) is 0 Å². The fourth-order valence-electron chi connectivity index (χ4n) is 2.08. The maximum Gasteiger partial charge on any atom is 0.0416 e. The molecule has 0 aromatic heterocycles. The summed E-state index contributed by atoms with van der Waals surface area (Å²) in [5.74, 6) is 0. The Kier molecular flexibility index (Phi) is 5.34. The number of anilines is 2. The van der Waals surface area contributed by atoms with Crippen molar-refractivity contribution in [2.75, 3.05) is 11.6 Å². The van der Waals surface area contributed by atoms with Crippen molar-refractivity contribution in [2.24, 2.45) is 0 Å². The molecule has 0 heterocycles. The van der Waals surface area contributed by atoms with Gasteiger partial charge in [-0.25, -0.2) is 0 Å². The summed E-state index contributed by atoms with van der Waals surface area (Å²) in [5.41, 5.74) is 3.80.